The maximum absolute atomic E-state index is 11.9. The highest BCUT2D eigenvalue weighted by Crippen LogP contribution is 2.34. The molecule has 0 saturated heterocycles. The predicted molar refractivity (Wildman–Crippen MR) is 83.2 cm³/mol. The zero-order valence-electron chi connectivity index (χ0n) is 12.5. The fraction of sp³-hybridized carbons (Fsp3) is 0.188. The number of ether oxygens (including phenoxy) is 4. The molecule has 0 saturated carbocycles. The van der Waals surface area contributed by atoms with Crippen LogP contribution in [0.5, 0.6) is 23.0 Å². The zero-order valence-corrected chi connectivity index (χ0v) is 12.5. The topological polar surface area (TPSA) is 78.1 Å². The lowest BCUT2D eigenvalue weighted by molar-refractivity contribution is 0.174. The van der Waals surface area contributed by atoms with Gasteiger partial charge in [-0.1, -0.05) is 12.1 Å². The maximum atomic E-state index is 11.9. The first kappa shape index (κ1) is 14.8. The van der Waals surface area contributed by atoms with Gasteiger partial charge in [0.15, 0.2) is 29.7 Å². The van der Waals surface area contributed by atoms with Crippen molar-refractivity contribution >= 4 is 11.7 Å². The molecule has 0 atom stereocenters. The Morgan fingerprint density at radius 1 is 1.13 bits per heavy atom. The van der Waals surface area contributed by atoms with E-state index in [4.69, 9.17) is 18.9 Å². The van der Waals surface area contributed by atoms with E-state index in [0.717, 1.165) is 0 Å². The van der Waals surface area contributed by atoms with Crippen LogP contribution in [0.4, 0.5) is 10.5 Å². The molecule has 1 aliphatic heterocycles. The molecule has 0 aromatic heterocycles. The third-order valence-electron chi connectivity index (χ3n) is 3.16. The highest BCUT2D eigenvalue weighted by Gasteiger charge is 2.14. The average Bonchev–Trinajstić information content (AvgIpc) is 3.03. The fourth-order valence-corrected chi connectivity index (χ4v) is 2.07. The molecule has 1 heterocycles. The Morgan fingerprint density at radius 2 is 1.91 bits per heavy atom. The Morgan fingerprint density at radius 3 is 2.74 bits per heavy atom. The Bertz CT molecular complexity index is 705. The second-order valence-corrected chi connectivity index (χ2v) is 4.64. The van der Waals surface area contributed by atoms with Crippen molar-refractivity contribution in [2.75, 3.05) is 26.0 Å². The van der Waals surface area contributed by atoms with Gasteiger partial charge in [-0.15, -0.1) is 0 Å². The first-order valence-corrected chi connectivity index (χ1v) is 6.96. The molecule has 7 nitrogen and oxygen atoms in total. The van der Waals surface area contributed by atoms with Gasteiger partial charge in [0.2, 0.25) is 6.79 Å². The Kier molecular flexibility index (Phi) is 4.37. The number of benzene rings is 2. The molecule has 0 bridgehead atoms. The minimum absolute atomic E-state index is 0.0107. The molecule has 120 valence electrons. The summed E-state index contributed by atoms with van der Waals surface area (Å²) in [5.74, 6) is 2.42. The third kappa shape index (κ3) is 3.57. The summed E-state index contributed by atoms with van der Waals surface area (Å²) in [6.07, 6.45) is 0. The van der Waals surface area contributed by atoms with E-state index < -0.39 is 6.03 Å². The summed E-state index contributed by atoms with van der Waals surface area (Å²) in [4.78, 5) is 11.9. The number of hydrogen-bond donors (Lipinski definition) is 2. The van der Waals surface area contributed by atoms with Gasteiger partial charge in [0.25, 0.3) is 0 Å². The Balaban J connectivity index is 1.50. The number of fused-ring (bicyclic) bond motifs is 1. The number of nitrogens with one attached hydrogen (secondary N) is 2. The standard InChI is InChI=1S/C16H16N2O5/c1-20-12-4-2-3-5-13(12)21-9-17-16(19)18-11-6-7-14-15(8-11)23-10-22-14/h2-8H,9-10H2,1H3,(H2,17,18,19). The minimum atomic E-state index is -0.390. The molecule has 1 aliphatic rings. The van der Waals surface area contributed by atoms with E-state index in [1.54, 1.807) is 37.4 Å². The third-order valence-corrected chi connectivity index (χ3v) is 3.16. The van der Waals surface area contributed by atoms with E-state index in [1.165, 1.54) is 0 Å². The summed E-state index contributed by atoms with van der Waals surface area (Å²) in [5, 5.41) is 5.29. The van der Waals surface area contributed by atoms with E-state index in [-0.39, 0.29) is 13.5 Å². The number of para-hydroxylation sites is 2. The monoisotopic (exact) mass is 316 g/mol. The number of carbonyl (C=O) groups is 1. The number of urea groups is 1. The summed E-state index contributed by atoms with van der Waals surface area (Å²) in [6, 6.07) is 12.0. The van der Waals surface area contributed by atoms with Gasteiger partial charge in [-0.2, -0.15) is 0 Å². The molecule has 0 unspecified atom stereocenters. The molecule has 2 N–H and O–H groups in total. The van der Waals surface area contributed by atoms with Gasteiger partial charge in [0.05, 0.1) is 7.11 Å². The van der Waals surface area contributed by atoms with Crippen molar-refractivity contribution in [2.24, 2.45) is 0 Å². The van der Waals surface area contributed by atoms with Gasteiger partial charge >= 0.3 is 6.03 Å². The first-order chi connectivity index (χ1) is 11.3. The van der Waals surface area contributed by atoms with Crippen molar-refractivity contribution in [1.29, 1.82) is 0 Å². The van der Waals surface area contributed by atoms with E-state index in [2.05, 4.69) is 10.6 Å². The van der Waals surface area contributed by atoms with Crippen LogP contribution in [0.15, 0.2) is 42.5 Å². The molecular weight excluding hydrogens is 300 g/mol. The molecule has 0 radical (unpaired) electrons. The van der Waals surface area contributed by atoms with Crippen LogP contribution in [-0.4, -0.2) is 26.7 Å². The van der Waals surface area contributed by atoms with Gasteiger partial charge in [-0.3, -0.25) is 0 Å². The van der Waals surface area contributed by atoms with Crippen LogP contribution in [0.1, 0.15) is 0 Å². The summed E-state index contributed by atoms with van der Waals surface area (Å²) in [7, 11) is 1.56. The lowest BCUT2D eigenvalue weighted by atomic mass is 10.3. The van der Waals surface area contributed by atoms with Crippen LogP contribution in [0.3, 0.4) is 0 Å². The van der Waals surface area contributed by atoms with E-state index in [9.17, 15) is 4.79 Å². The minimum Gasteiger partial charge on any atom is -0.493 e. The molecule has 0 fully saturated rings. The van der Waals surface area contributed by atoms with Crippen molar-refractivity contribution in [3.8, 4) is 23.0 Å². The van der Waals surface area contributed by atoms with Crippen LogP contribution in [-0.2, 0) is 0 Å². The maximum Gasteiger partial charge on any atom is 0.321 e. The quantitative estimate of drug-likeness (QED) is 0.829. The second-order valence-electron chi connectivity index (χ2n) is 4.64. The lowest BCUT2D eigenvalue weighted by Gasteiger charge is -2.12. The van der Waals surface area contributed by atoms with E-state index in [1.807, 2.05) is 12.1 Å². The van der Waals surface area contributed by atoms with Crippen molar-refractivity contribution in [3.05, 3.63) is 42.5 Å². The first-order valence-electron chi connectivity index (χ1n) is 6.96. The van der Waals surface area contributed by atoms with Crippen LogP contribution < -0.4 is 29.6 Å². The highest BCUT2D eigenvalue weighted by molar-refractivity contribution is 5.89. The molecular formula is C16H16N2O5. The van der Waals surface area contributed by atoms with E-state index in [0.29, 0.717) is 28.7 Å². The van der Waals surface area contributed by atoms with Gasteiger partial charge in [-0.05, 0) is 24.3 Å². The van der Waals surface area contributed by atoms with Crippen molar-refractivity contribution in [1.82, 2.24) is 5.32 Å². The number of methoxy groups -OCH3 is 1. The average molecular weight is 316 g/mol. The van der Waals surface area contributed by atoms with E-state index >= 15 is 0 Å². The number of hydrogen-bond acceptors (Lipinski definition) is 5. The Hall–Kier alpha value is -3.09. The van der Waals surface area contributed by atoms with Crippen LogP contribution in [0.2, 0.25) is 0 Å². The molecule has 23 heavy (non-hydrogen) atoms. The number of amides is 2. The molecule has 2 aromatic carbocycles. The smallest absolute Gasteiger partial charge is 0.321 e. The SMILES string of the molecule is COc1ccccc1OCNC(=O)Nc1ccc2c(c1)OCO2. The van der Waals surface area contributed by atoms with Gasteiger partial charge < -0.3 is 29.6 Å². The number of anilines is 1. The predicted octanol–water partition coefficient (Wildman–Crippen LogP) is 2.58. The summed E-state index contributed by atoms with van der Waals surface area (Å²) < 4.78 is 21.1. The van der Waals surface area contributed by atoms with Gasteiger partial charge in [-0.25, -0.2) is 4.79 Å². The fourth-order valence-electron chi connectivity index (χ4n) is 2.07. The number of carbonyl (C=O) groups excluding carboxylic acids is 1. The van der Waals surface area contributed by atoms with Gasteiger partial charge in [0, 0.05) is 11.8 Å². The van der Waals surface area contributed by atoms with Crippen LogP contribution >= 0.6 is 0 Å². The largest absolute Gasteiger partial charge is 0.493 e. The molecule has 7 heteroatoms. The number of rotatable bonds is 5. The van der Waals surface area contributed by atoms with Crippen LogP contribution in [0, 0.1) is 0 Å². The normalized spacial score (nSPS) is 11.7. The molecule has 0 spiro atoms. The van der Waals surface area contributed by atoms with Crippen molar-refractivity contribution in [2.45, 2.75) is 0 Å². The van der Waals surface area contributed by atoms with Crippen molar-refractivity contribution in [3.63, 3.8) is 0 Å². The molecule has 2 aromatic rings. The van der Waals surface area contributed by atoms with Crippen molar-refractivity contribution < 1.29 is 23.7 Å². The second kappa shape index (κ2) is 6.78. The van der Waals surface area contributed by atoms with Crippen LogP contribution in [0.25, 0.3) is 0 Å². The van der Waals surface area contributed by atoms with Gasteiger partial charge in [0.1, 0.15) is 0 Å². The molecule has 2 amide bonds. The lowest BCUT2D eigenvalue weighted by Crippen LogP contribution is -2.32. The molecule has 3 rings (SSSR count). The summed E-state index contributed by atoms with van der Waals surface area (Å²) in [5.41, 5.74) is 0.601. The zero-order chi connectivity index (χ0) is 16.1. The highest BCUT2D eigenvalue weighted by atomic mass is 16.7. The summed E-state index contributed by atoms with van der Waals surface area (Å²) in [6.45, 7) is 0.203. The molecule has 0 aliphatic carbocycles. The summed E-state index contributed by atoms with van der Waals surface area (Å²) >= 11 is 0. The Labute approximate surface area is 133 Å².